The lowest BCUT2D eigenvalue weighted by Crippen LogP contribution is -2.37. The first-order valence-corrected chi connectivity index (χ1v) is 7.07. The van der Waals surface area contributed by atoms with Gasteiger partial charge in [0.05, 0.1) is 13.5 Å². The van der Waals surface area contributed by atoms with E-state index in [1.54, 1.807) is 7.11 Å². The fourth-order valence-electron chi connectivity index (χ4n) is 1.72. The molecule has 2 atom stereocenters. The van der Waals surface area contributed by atoms with Gasteiger partial charge in [0.1, 0.15) is 6.10 Å². The molecule has 1 heterocycles. The molecular weight excluding hydrogens is 266 g/mol. The number of methoxy groups -OCH3 is 2. The Balaban J connectivity index is 2.55. The molecule has 6 heteroatoms. The number of ether oxygens (including phenoxy) is 2. The van der Waals surface area contributed by atoms with Crippen molar-refractivity contribution >= 4 is 17.3 Å². The second-order valence-corrected chi connectivity index (χ2v) is 5.13. The monoisotopic (exact) mass is 287 g/mol. The lowest BCUT2D eigenvalue weighted by Gasteiger charge is -2.22. The van der Waals surface area contributed by atoms with Crippen LogP contribution < -0.4 is 5.32 Å². The average Bonchev–Trinajstić information content (AvgIpc) is 2.95. The number of aliphatic hydroxyl groups excluding tert-OH is 1. The van der Waals surface area contributed by atoms with Gasteiger partial charge in [-0.3, -0.25) is 4.79 Å². The van der Waals surface area contributed by atoms with Crippen LogP contribution in [0.25, 0.3) is 0 Å². The van der Waals surface area contributed by atoms with Crippen molar-refractivity contribution < 1.29 is 19.4 Å². The molecule has 5 nitrogen and oxygen atoms in total. The summed E-state index contributed by atoms with van der Waals surface area (Å²) in [5.41, 5.74) is 0. The summed E-state index contributed by atoms with van der Waals surface area (Å²) in [6, 6.07) is 3.39. The van der Waals surface area contributed by atoms with Gasteiger partial charge in [-0.1, -0.05) is 6.07 Å². The van der Waals surface area contributed by atoms with Crippen LogP contribution in [-0.2, 0) is 14.3 Å². The topological polar surface area (TPSA) is 67.8 Å². The van der Waals surface area contributed by atoms with Crippen LogP contribution in [-0.4, -0.2) is 44.5 Å². The molecule has 0 aliphatic rings. The summed E-state index contributed by atoms with van der Waals surface area (Å²) in [5, 5.41) is 15.4. The number of carbonyl (C=O) groups is 1. The molecule has 0 aromatic carbocycles. The van der Waals surface area contributed by atoms with Gasteiger partial charge in [0, 0.05) is 24.6 Å². The van der Waals surface area contributed by atoms with Crippen LogP contribution in [0.4, 0.5) is 0 Å². The van der Waals surface area contributed by atoms with E-state index in [0.29, 0.717) is 13.2 Å². The maximum Gasteiger partial charge on any atom is 0.307 e. The lowest BCUT2D eigenvalue weighted by molar-refractivity contribution is -0.142. The molecule has 1 aromatic heterocycles. The van der Waals surface area contributed by atoms with Crippen LogP contribution in [0.5, 0.6) is 0 Å². The highest BCUT2D eigenvalue weighted by molar-refractivity contribution is 7.10. The Kier molecular flexibility index (Phi) is 7.66. The van der Waals surface area contributed by atoms with Gasteiger partial charge >= 0.3 is 5.97 Å². The quantitative estimate of drug-likeness (QED) is 0.530. The van der Waals surface area contributed by atoms with Gasteiger partial charge < -0.3 is 19.9 Å². The number of nitrogens with one attached hydrogen (secondary N) is 1. The smallest absolute Gasteiger partial charge is 0.307 e. The molecule has 0 aliphatic carbocycles. The molecule has 0 saturated heterocycles. The Morgan fingerprint density at radius 2 is 2.32 bits per heavy atom. The largest absolute Gasteiger partial charge is 0.469 e. The summed E-state index contributed by atoms with van der Waals surface area (Å²) in [6.07, 6.45) is 0.259. The molecule has 0 fully saturated rings. The minimum absolute atomic E-state index is 0.141. The second-order valence-electron chi connectivity index (χ2n) is 4.15. The Morgan fingerprint density at radius 1 is 1.53 bits per heavy atom. The van der Waals surface area contributed by atoms with Crippen LogP contribution in [0.2, 0.25) is 0 Å². The fraction of sp³-hybridized carbons (Fsp3) is 0.615. The summed E-state index contributed by atoms with van der Waals surface area (Å²) in [5.74, 6) is -0.333. The van der Waals surface area contributed by atoms with Gasteiger partial charge in [0.2, 0.25) is 0 Å². The molecule has 0 saturated carbocycles. The van der Waals surface area contributed by atoms with Crippen LogP contribution in [0.1, 0.15) is 23.8 Å². The normalized spacial score (nSPS) is 14.1. The van der Waals surface area contributed by atoms with E-state index in [-0.39, 0.29) is 18.4 Å². The van der Waals surface area contributed by atoms with Crippen molar-refractivity contribution in [3.05, 3.63) is 22.4 Å². The number of hydrogen-bond donors (Lipinski definition) is 2. The third-order valence-electron chi connectivity index (χ3n) is 2.76. The van der Waals surface area contributed by atoms with Gasteiger partial charge in [-0.15, -0.1) is 11.3 Å². The van der Waals surface area contributed by atoms with E-state index in [1.165, 1.54) is 18.4 Å². The summed E-state index contributed by atoms with van der Waals surface area (Å²) in [4.78, 5) is 12.2. The summed E-state index contributed by atoms with van der Waals surface area (Å²) >= 11 is 1.47. The molecule has 0 spiro atoms. The molecule has 1 aromatic rings. The minimum Gasteiger partial charge on any atom is -0.469 e. The number of hydrogen-bond acceptors (Lipinski definition) is 6. The van der Waals surface area contributed by atoms with E-state index in [4.69, 9.17) is 4.74 Å². The Labute approximate surface area is 117 Å². The fourth-order valence-corrected chi connectivity index (χ4v) is 2.50. The maximum absolute atomic E-state index is 11.4. The van der Waals surface area contributed by atoms with Crippen molar-refractivity contribution in [3.63, 3.8) is 0 Å². The van der Waals surface area contributed by atoms with Crippen LogP contribution in [0.3, 0.4) is 0 Å². The Hall–Kier alpha value is -0.950. The third kappa shape index (κ3) is 5.69. The van der Waals surface area contributed by atoms with Crippen molar-refractivity contribution in [2.24, 2.45) is 0 Å². The van der Waals surface area contributed by atoms with Gasteiger partial charge in [-0.25, -0.2) is 0 Å². The number of esters is 1. The summed E-state index contributed by atoms with van der Waals surface area (Å²) in [7, 11) is 2.99. The zero-order valence-corrected chi connectivity index (χ0v) is 12.1. The van der Waals surface area contributed by atoms with E-state index < -0.39 is 6.10 Å². The Morgan fingerprint density at radius 3 is 2.89 bits per heavy atom. The van der Waals surface area contributed by atoms with E-state index in [1.807, 2.05) is 17.5 Å². The van der Waals surface area contributed by atoms with E-state index in [0.717, 1.165) is 11.3 Å². The molecule has 2 N–H and O–H groups in total. The first kappa shape index (κ1) is 16.1. The number of rotatable bonds is 9. The van der Waals surface area contributed by atoms with Crippen molar-refractivity contribution in [3.8, 4) is 0 Å². The van der Waals surface area contributed by atoms with Crippen LogP contribution in [0, 0.1) is 0 Å². The van der Waals surface area contributed by atoms with Crippen molar-refractivity contribution in [1.82, 2.24) is 5.32 Å². The van der Waals surface area contributed by atoms with Crippen molar-refractivity contribution in [2.75, 3.05) is 27.4 Å². The predicted molar refractivity (Wildman–Crippen MR) is 74.2 cm³/mol. The van der Waals surface area contributed by atoms with E-state index >= 15 is 0 Å². The van der Waals surface area contributed by atoms with Crippen LogP contribution in [0.15, 0.2) is 17.5 Å². The predicted octanol–water partition coefficient (Wildman–Crippen LogP) is 1.34. The van der Waals surface area contributed by atoms with Crippen molar-refractivity contribution in [2.45, 2.75) is 25.0 Å². The Bertz CT molecular complexity index is 356. The summed E-state index contributed by atoms with van der Waals surface area (Å²) in [6.45, 7) is 1.32. The highest BCUT2D eigenvalue weighted by Gasteiger charge is 2.24. The molecule has 1 rings (SSSR count). The average molecular weight is 287 g/mol. The summed E-state index contributed by atoms with van der Waals surface area (Å²) < 4.78 is 9.63. The lowest BCUT2D eigenvalue weighted by atomic mass is 10.1. The standard InChI is InChI=1S/C13H21NO4S/c1-17-7-4-6-14-10(9-12(15)18-2)13(16)11-5-3-8-19-11/h3,5,8,10,13-14,16H,4,6-7,9H2,1-2H3. The molecule has 0 bridgehead atoms. The molecule has 0 amide bonds. The third-order valence-corrected chi connectivity index (χ3v) is 3.70. The second kappa shape index (κ2) is 9.03. The van der Waals surface area contributed by atoms with Gasteiger partial charge in [-0.05, 0) is 24.4 Å². The SMILES string of the molecule is COCCCNC(CC(=O)OC)C(O)c1cccs1. The first-order chi connectivity index (χ1) is 9.19. The zero-order chi connectivity index (χ0) is 14.1. The molecule has 108 valence electrons. The number of carbonyl (C=O) groups excluding carboxylic acids is 1. The maximum atomic E-state index is 11.4. The molecule has 19 heavy (non-hydrogen) atoms. The van der Waals surface area contributed by atoms with Gasteiger partial charge in [0.15, 0.2) is 0 Å². The van der Waals surface area contributed by atoms with E-state index in [9.17, 15) is 9.90 Å². The highest BCUT2D eigenvalue weighted by Crippen LogP contribution is 2.23. The zero-order valence-electron chi connectivity index (χ0n) is 11.3. The molecular formula is C13H21NO4S. The number of aliphatic hydroxyl groups is 1. The van der Waals surface area contributed by atoms with Gasteiger partial charge in [0.25, 0.3) is 0 Å². The molecule has 0 aliphatic heterocycles. The van der Waals surface area contributed by atoms with Crippen molar-refractivity contribution in [1.29, 1.82) is 0 Å². The van der Waals surface area contributed by atoms with Crippen LogP contribution >= 0.6 is 11.3 Å². The number of thiophene rings is 1. The highest BCUT2D eigenvalue weighted by atomic mass is 32.1. The minimum atomic E-state index is -0.707. The van der Waals surface area contributed by atoms with Gasteiger partial charge in [-0.2, -0.15) is 0 Å². The molecule has 2 unspecified atom stereocenters. The molecule has 0 radical (unpaired) electrons. The van der Waals surface area contributed by atoms with E-state index in [2.05, 4.69) is 10.1 Å². The first-order valence-electron chi connectivity index (χ1n) is 6.19.